The van der Waals surface area contributed by atoms with Crippen molar-refractivity contribution < 1.29 is 4.79 Å². The van der Waals surface area contributed by atoms with Crippen LogP contribution in [0.1, 0.15) is 20.3 Å². The number of nitrogens with two attached hydrogens (primary N) is 1. The van der Waals surface area contributed by atoms with Gasteiger partial charge in [0, 0.05) is 5.92 Å². The van der Waals surface area contributed by atoms with Gasteiger partial charge in [-0.15, -0.1) is 12.4 Å². The summed E-state index contributed by atoms with van der Waals surface area (Å²) in [7, 11) is 0. The smallest absolute Gasteiger partial charge is 0.237 e. The van der Waals surface area contributed by atoms with Crippen LogP contribution in [0.2, 0.25) is 0 Å². The highest BCUT2D eigenvalue weighted by Crippen LogP contribution is 2.51. The predicted octanol–water partition coefficient (Wildman–Crippen LogP) is 0.444. The lowest BCUT2D eigenvalue weighted by atomic mass is 10.1. The molecule has 3 N–H and O–H groups in total. The third-order valence-corrected chi connectivity index (χ3v) is 1.97. The highest BCUT2D eigenvalue weighted by molar-refractivity contribution is 5.85. The van der Waals surface area contributed by atoms with Gasteiger partial charge in [-0.3, -0.25) is 10.2 Å². The summed E-state index contributed by atoms with van der Waals surface area (Å²) in [5.41, 5.74) is 2.34. The maximum Gasteiger partial charge on any atom is 0.237 e. The van der Waals surface area contributed by atoms with Crippen LogP contribution in [0.5, 0.6) is 0 Å². The second-order valence-electron chi connectivity index (χ2n) is 3.25. The van der Waals surface area contributed by atoms with Gasteiger partial charge in [-0.2, -0.15) is 0 Å². The zero-order valence-electron chi connectivity index (χ0n) is 6.18. The molecule has 0 aromatic carbocycles. The number of hydrazine groups is 1. The SMILES string of the molecule is CC1(C)CC1C(=O)NN.Cl. The Bertz CT molecular complexity index is 147. The normalized spacial score (nSPS) is 26.5. The summed E-state index contributed by atoms with van der Waals surface area (Å²) in [5, 5.41) is 0. The van der Waals surface area contributed by atoms with Crippen molar-refractivity contribution in [2.75, 3.05) is 0 Å². The Labute approximate surface area is 66.7 Å². The van der Waals surface area contributed by atoms with E-state index in [9.17, 15) is 4.79 Å². The standard InChI is InChI=1S/C6H12N2O.ClH/c1-6(2)3-4(6)5(9)8-7;/h4H,3,7H2,1-2H3,(H,8,9);1H. The summed E-state index contributed by atoms with van der Waals surface area (Å²) in [6.45, 7) is 4.12. The van der Waals surface area contributed by atoms with Gasteiger partial charge in [0.1, 0.15) is 0 Å². The van der Waals surface area contributed by atoms with E-state index in [4.69, 9.17) is 5.84 Å². The van der Waals surface area contributed by atoms with Crippen molar-refractivity contribution >= 4 is 18.3 Å². The Morgan fingerprint density at radius 1 is 1.70 bits per heavy atom. The van der Waals surface area contributed by atoms with Crippen molar-refractivity contribution in [3.63, 3.8) is 0 Å². The van der Waals surface area contributed by atoms with Crippen LogP contribution in [-0.4, -0.2) is 5.91 Å². The first-order valence-electron chi connectivity index (χ1n) is 3.08. The Balaban J connectivity index is 0.000000810. The topological polar surface area (TPSA) is 55.1 Å². The summed E-state index contributed by atoms with van der Waals surface area (Å²) in [6.07, 6.45) is 0.968. The molecule has 1 amide bonds. The first kappa shape index (κ1) is 9.72. The molecule has 1 rings (SSSR count). The van der Waals surface area contributed by atoms with E-state index in [1.165, 1.54) is 0 Å². The molecule has 0 heterocycles. The van der Waals surface area contributed by atoms with E-state index in [0.29, 0.717) is 0 Å². The molecular weight excluding hydrogens is 152 g/mol. The minimum absolute atomic E-state index is 0. The van der Waals surface area contributed by atoms with E-state index in [1.54, 1.807) is 0 Å². The molecule has 4 heteroatoms. The van der Waals surface area contributed by atoms with Crippen LogP contribution in [0, 0.1) is 11.3 Å². The number of rotatable bonds is 1. The first-order chi connectivity index (χ1) is 4.08. The highest BCUT2D eigenvalue weighted by atomic mass is 35.5. The lowest BCUT2D eigenvalue weighted by Gasteiger charge is -1.99. The van der Waals surface area contributed by atoms with E-state index in [1.807, 2.05) is 0 Å². The van der Waals surface area contributed by atoms with E-state index in [2.05, 4.69) is 19.3 Å². The van der Waals surface area contributed by atoms with Crippen molar-refractivity contribution in [2.45, 2.75) is 20.3 Å². The number of carbonyl (C=O) groups is 1. The van der Waals surface area contributed by atoms with Crippen LogP contribution in [0.15, 0.2) is 0 Å². The molecule has 0 spiro atoms. The van der Waals surface area contributed by atoms with Crippen molar-refractivity contribution in [3.05, 3.63) is 0 Å². The molecule has 3 nitrogen and oxygen atoms in total. The Hall–Kier alpha value is -0.280. The number of amides is 1. The van der Waals surface area contributed by atoms with E-state index >= 15 is 0 Å². The molecule has 0 aromatic heterocycles. The highest BCUT2D eigenvalue weighted by Gasteiger charge is 2.50. The maximum absolute atomic E-state index is 10.8. The number of carbonyl (C=O) groups excluding carboxylic acids is 1. The molecule has 1 fully saturated rings. The summed E-state index contributed by atoms with van der Waals surface area (Å²) in [6, 6.07) is 0. The molecule has 0 aliphatic heterocycles. The van der Waals surface area contributed by atoms with Gasteiger partial charge in [-0.1, -0.05) is 13.8 Å². The fraction of sp³-hybridized carbons (Fsp3) is 0.833. The molecule has 60 valence electrons. The molecule has 1 atom stereocenters. The lowest BCUT2D eigenvalue weighted by Crippen LogP contribution is -2.32. The minimum atomic E-state index is -0.0278. The van der Waals surface area contributed by atoms with Gasteiger partial charge in [-0.05, 0) is 11.8 Å². The monoisotopic (exact) mass is 164 g/mol. The van der Waals surface area contributed by atoms with Crippen molar-refractivity contribution in [2.24, 2.45) is 17.2 Å². The predicted molar refractivity (Wildman–Crippen MR) is 41.5 cm³/mol. The second-order valence-corrected chi connectivity index (χ2v) is 3.25. The first-order valence-corrected chi connectivity index (χ1v) is 3.08. The van der Waals surface area contributed by atoms with Crippen LogP contribution in [0.25, 0.3) is 0 Å². The molecule has 0 radical (unpaired) electrons. The maximum atomic E-state index is 10.8. The zero-order chi connectivity index (χ0) is 7.07. The molecule has 1 unspecified atom stereocenters. The zero-order valence-corrected chi connectivity index (χ0v) is 6.99. The van der Waals surface area contributed by atoms with Gasteiger partial charge in [0.15, 0.2) is 0 Å². The molecular formula is C6H13ClN2O. The Morgan fingerprint density at radius 2 is 2.10 bits per heavy atom. The molecule has 0 bridgehead atoms. The van der Waals surface area contributed by atoms with Gasteiger partial charge in [0.05, 0.1) is 0 Å². The van der Waals surface area contributed by atoms with Crippen LogP contribution in [0.4, 0.5) is 0 Å². The van der Waals surface area contributed by atoms with Gasteiger partial charge in [0.2, 0.25) is 5.91 Å². The summed E-state index contributed by atoms with van der Waals surface area (Å²) < 4.78 is 0. The van der Waals surface area contributed by atoms with Crippen molar-refractivity contribution in [3.8, 4) is 0 Å². The fourth-order valence-corrected chi connectivity index (χ4v) is 1.02. The number of hydrogen-bond acceptors (Lipinski definition) is 2. The van der Waals surface area contributed by atoms with Gasteiger partial charge >= 0.3 is 0 Å². The minimum Gasteiger partial charge on any atom is -0.294 e. The van der Waals surface area contributed by atoms with Gasteiger partial charge < -0.3 is 0 Å². The van der Waals surface area contributed by atoms with Crippen LogP contribution < -0.4 is 11.3 Å². The molecule has 0 aromatic rings. The fourth-order valence-electron chi connectivity index (χ4n) is 1.02. The van der Waals surface area contributed by atoms with Crippen LogP contribution >= 0.6 is 12.4 Å². The number of halogens is 1. The number of nitrogens with one attached hydrogen (secondary N) is 1. The molecule has 0 saturated heterocycles. The third-order valence-electron chi connectivity index (χ3n) is 1.97. The second kappa shape index (κ2) is 2.76. The van der Waals surface area contributed by atoms with Crippen molar-refractivity contribution in [1.82, 2.24) is 5.43 Å². The Kier molecular flexibility index (Phi) is 2.68. The van der Waals surface area contributed by atoms with Crippen molar-refractivity contribution in [1.29, 1.82) is 0 Å². The summed E-state index contributed by atoms with van der Waals surface area (Å²) in [4.78, 5) is 10.8. The molecule has 1 saturated carbocycles. The number of hydrogen-bond donors (Lipinski definition) is 2. The summed E-state index contributed by atoms with van der Waals surface area (Å²) >= 11 is 0. The van der Waals surface area contributed by atoms with E-state index < -0.39 is 0 Å². The third kappa shape index (κ3) is 1.61. The van der Waals surface area contributed by atoms with Crippen LogP contribution in [-0.2, 0) is 4.79 Å². The van der Waals surface area contributed by atoms with Gasteiger partial charge in [-0.25, -0.2) is 5.84 Å². The van der Waals surface area contributed by atoms with Crippen LogP contribution in [0.3, 0.4) is 0 Å². The average Bonchev–Trinajstić information content (AvgIpc) is 2.38. The van der Waals surface area contributed by atoms with E-state index in [-0.39, 0.29) is 29.6 Å². The largest absolute Gasteiger partial charge is 0.294 e. The molecule has 1 aliphatic carbocycles. The van der Waals surface area contributed by atoms with E-state index in [0.717, 1.165) is 6.42 Å². The quantitative estimate of drug-likeness (QED) is 0.336. The molecule has 10 heavy (non-hydrogen) atoms. The summed E-state index contributed by atoms with van der Waals surface area (Å²) in [5.74, 6) is 5.06. The van der Waals surface area contributed by atoms with Gasteiger partial charge in [0.25, 0.3) is 0 Å². The average molecular weight is 165 g/mol. The molecule has 1 aliphatic rings. The lowest BCUT2D eigenvalue weighted by molar-refractivity contribution is -0.123. The Morgan fingerprint density at radius 3 is 2.20 bits per heavy atom.